The smallest absolute Gasteiger partial charge is 0.254 e. The van der Waals surface area contributed by atoms with Crippen LogP contribution in [0.3, 0.4) is 0 Å². The Morgan fingerprint density at radius 3 is 2.80 bits per heavy atom. The third-order valence-corrected chi connectivity index (χ3v) is 3.72. The molecule has 106 valence electrons. The van der Waals surface area contributed by atoms with E-state index in [-0.39, 0.29) is 12.1 Å². The fourth-order valence-electron chi connectivity index (χ4n) is 1.71. The fraction of sp³-hybridized carbons (Fsp3) is 0.214. The first kappa shape index (κ1) is 14.6. The van der Waals surface area contributed by atoms with E-state index in [1.807, 2.05) is 11.4 Å². The Morgan fingerprint density at radius 1 is 1.35 bits per heavy atom. The molecule has 0 fully saturated rings. The van der Waals surface area contributed by atoms with Gasteiger partial charge < -0.3 is 10.4 Å². The van der Waals surface area contributed by atoms with E-state index in [1.165, 1.54) is 11.3 Å². The Bertz CT molecular complexity index is 587. The molecule has 0 saturated carbocycles. The first-order valence-corrected chi connectivity index (χ1v) is 6.90. The van der Waals surface area contributed by atoms with Crippen molar-refractivity contribution in [3.05, 3.63) is 57.8 Å². The zero-order chi connectivity index (χ0) is 14.5. The molecule has 1 unspecified atom stereocenters. The van der Waals surface area contributed by atoms with Crippen molar-refractivity contribution in [3.63, 3.8) is 0 Å². The van der Waals surface area contributed by atoms with Crippen molar-refractivity contribution >= 4 is 17.2 Å². The molecule has 0 saturated heterocycles. The lowest BCUT2D eigenvalue weighted by atomic mass is 10.2. The van der Waals surface area contributed by atoms with Crippen LogP contribution < -0.4 is 5.32 Å². The maximum atomic E-state index is 13.4. The molecule has 0 aliphatic heterocycles. The second-order valence-electron chi connectivity index (χ2n) is 4.20. The lowest BCUT2D eigenvalue weighted by Gasteiger charge is -2.10. The highest BCUT2D eigenvalue weighted by molar-refractivity contribution is 7.10. The standard InChI is InChI=1S/C14H13F2NO2S/c15-9-3-4-10(11(16)8-9)14(19)17-6-5-12(18)13-2-1-7-20-13/h1-4,7-8,12,18H,5-6H2,(H,17,19). The number of nitrogens with one attached hydrogen (secondary N) is 1. The second-order valence-corrected chi connectivity index (χ2v) is 5.18. The molecule has 0 radical (unpaired) electrons. The lowest BCUT2D eigenvalue weighted by Crippen LogP contribution is -2.26. The number of aliphatic hydroxyl groups is 1. The number of hydrogen-bond acceptors (Lipinski definition) is 3. The predicted octanol–water partition coefficient (Wildman–Crippen LogP) is 2.88. The summed E-state index contributed by atoms with van der Waals surface area (Å²) in [6.07, 6.45) is -0.330. The maximum absolute atomic E-state index is 13.4. The van der Waals surface area contributed by atoms with Gasteiger partial charge in [-0.15, -0.1) is 11.3 Å². The van der Waals surface area contributed by atoms with Crippen LogP contribution in [0, 0.1) is 11.6 Å². The van der Waals surface area contributed by atoms with Crippen molar-refractivity contribution in [1.29, 1.82) is 0 Å². The zero-order valence-electron chi connectivity index (χ0n) is 10.5. The number of carbonyl (C=O) groups excluding carboxylic acids is 1. The minimum Gasteiger partial charge on any atom is -0.388 e. The van der Waals surface area contributed by atoms with Crippen LogP contribution in [0.1, 0.15) is 27.8 Å². The van der Waals surface area contributed by atoms with Crippen LogP contribution in [-0.2, 0) is 0 Å². The van der Waals surface area contributed by atoms with E-state index in [2.05, 4.69) is 5.32 Å². The number of hydrogen-bond donors (Lipinski definition) is 2. The summed E-state index contributed by atoms with van der Waals surface area (Å²) in [6.45, 7) is 0.203. The van der Waals surface area contributed by atoms with Gasteiger partial charge in [0.25, 0.3) is 5.91 Å². The van der Waals surface area contributed by atoms with E-state index < -0.39 is 23.6 Å². The monoisotopic (exact) mass is 297 g/mol. The molecule has 1 aromatic carbocycles. The number of carbonyl (C=O) groups is 1. The number of rotatable bonds is 5. The van der Waals surface area contributed by atoms with E-state index in [9.17, 15) is 18.7 Å². The molecular weight excluding hydrogens is 284 g/mol. The Hall–Kier alpha value is -1.79. The van der Waals surface area contributed by atoms with Crippen molar-refractivity contribution in [2.24, 2.45) is 0 Å². The minimum atomic E-state index is -0.902. The summed E-state index contributed by atoms with van der Waals surface area (Å²) in [7, 11) is 0. The van der Waals surface area contributed by atoms with Gasteiger partial charge in [0.15, 0.2) is 0 Å². The van der Waals surface area contributed by atoms with E-state index >= 15 is 0 Å². The number of aliphatic hydroxyl groups excluding tert-OH is 1. The maximum Gasteiger partial charge on any atom is 0.254 e. The molecule has 1 amide bonds. The Labute approximate surface area is 118 Å². The molecule has 20 heavy (non-hydrogen) atoms. The summed E-state index contributed by atoms with van der Waals surface area (Å²) in [5.74, 6) is -2.26. The van der Waals surface area contributed by atoms with Crippen molar-refractivity contribution in [2.45, 2.75) is 12.5 Å². The molecule has 2 aromatic rings. The van der Waals surface area contributed by atoms with Gasteiger partial charge >= 0.3 is 0 Å². The third kappa shape index (κ3) is 3.61. The average molecular weight is 297 g/mol. The molecule has 0 aliphatic carbocycles. The highest BCUT2D eigenvalue weighted by atomic mass is 32.1. The molecule has 1 heterocycles. The van der Waals surface area contributed by atoms with Crippen molar-refractivity contribution in [3.8, 4) is 0 Å². The van der Waals surface area contributed by atoms with Gasteiger partial charge in [-0.05, 0) is 30.0 Å². The lowest BCUT2D eigenvalue weighted by molar-refractivity contribution is 0.0939. The Balaban J connectivity index is 1.86. The van der Waals surface area contributed by atoms with Crippen LogP contribution >= 0.6 is 11.3 Å². The van der Waals surface area contributed by atoms with E-state index in [4.69, 9.17) is 0 Å². The van der Waals surface area contributed by atoms with Gasteiger partial charge in [-0.25, -0.2) is 8.78 Å². The highest BCUT2D eigenvalue weighted by Crippen LogP contribution is 2.21. The van der Waals surface area contributed by atoms with Crippen molar-refractivity contribution in [1.82, 2.24) is 5.32 Å². The first-order valence-electron chi connectivity index (χ1n) is 6.02. The average Bonchev–Trinajstić information content (AvgIpc) is 2.92. The summed E-state index contributed by atoms with van der Waals surface area (Å²) in [6, 6.07) is 6.41. The minimum absolute atomic E-state index is 0.203. The van der Waals surface area contributed by atoms with Crippen LogP contribution in [0.5, 0.6) is 0 Å². The summed E-state index contributed by atoms with van der Waals surface area (Å²) < 4.78 is 26.1. The van der Waals surface area contributed by atoms with Crippen LogP contribution in [0.4, 0.5) is 8.78 Å². The van der Waals surface area contributed by atoms with Crippen molar-refractivity contribution < 1.29 is 18.7 Å². The molecule has 6 heteroatoms. The number of amides is 1. The number of benzene rings is 1. The molecule has 1 aromatic heterocycles. The molecule has 1 atom stereocenters. The molecule has 3 nitrogen and oxygen atoms in total. The highest BCUT2D eigenvalue weighted by Gasteiger charge is 2.13. The van der Waals surface area contributed by atoms with Crippen molar-refractivity contribution in [2.75, 3.05) is 6.54 Å². The largest absolute Gasteiger partial charge is 0.388 e. The number of thiophene rings is 1. The van der Waals surface area contributed by atoms with E-state index in [1.54, 1.807) is 6.07 Å². The van der Waals surface area contributed by atoms with Gasteiger partial charge in [-0.2, -0.15) is 0 Å². The Kier molecular flexibility index (Phi) is 4.81. The molecule has 0 bridgehead atoms. The van der Waals surface area contributed by atoms with E-state index in [0.29, 0.717) is 12.5 Å². The van der Waals surface area contributed by atoms with Gasteiger partial charge in [0.2, 0.25) is 0 Å². The van der Waals surface area contributed by atoms with Crippen LogP contribution in [0.2, 0.25) is 0 Å². The number of halogens is 2. The quantitative estimate of drug-likeness (QED) is 0.891. The molecular formula is C14H13F2NO2S. The molecule has 0 aliphatic rings. The first-order chi connectivity index (χ1) is 9.58. The van der Waals surface area contributed by atoms with Gasteiger partial charge in [-0.3, -0.25) is 4.79 Å². The molecule has 2 rings (SSSR count). The topological polar surface area (TPSA) is 49.3 Å². The van der Waals surface area contributed by atoms with Crippen LogP contribution in [0.15, 0.2) is 35.7 Å². The summed E-state index contributed by atoms with van der Waals surface area (Å²) in [5, 5.41) is 14.2. The molecule has 0 spiro atoms. The normalized spacial score (nSPS) is 12.2. The predicted molar refractivity (Wildman–Crippen MR) is 72.6 cm³/mol. The van der Waals surface area contributed by atoms with E-state index in [0.717, 1.165) is 17.0 Å². The van der Waals surface area contributed by atoms with Crippen LogP contribution in [-0.4, -0.2) is 17.6 Å². The zero-order valence-corrected chi connectivity index (χ0v) is 11.3. The van der Waals surface area contributed by atoms with Gasteiger partial charge in [0, 0.05) is 17.5 Å². The molecule has 2 N–H and O–H groups in total. The fourth-order valence-corrected chi connectivity index (χ4v) is 2.46. The summed E-state index contributed by atoms with van der Waals surface area (Å²) in [4.78, 5) is 12.5. The third-order valence-electron chi connectivity index (χ3n) is 2.75. The van der Waals surface area contributed by atoms with Crippen LogP contribution in [0.25, 0.3) is 0 Å². The van der Waals surface area contributed by atoms with Gasteiger partial charge in [-0.1, -0.05) is 6.07 Å². The summed E-state index contributed by atoms with van der Waals surface area (Å²) >= 11 is 1.43. The summed E-state index contributed by atoms with van der Waals surface area (Å²) in [5.41, 5.74) is -0.211. The second kappa shape index (κ2) is 6.58. The van der Waals surface area contributed by atoms with Gasteiger partial charge in [0.05, 0.1) is 11.7 Å². The van der Waals surface area contributed by atoms with Gasteiger partial charge in [0.1, 0.15) is 11.6 Å². The Morgan fingerprint density at radius 2 is 2.15 bits per heavy atom. The SMILES string of the molecule is O=C(NCCC(O)c1cccs1)c1ccc(F)cc1F.